The minimum absolute atomic E-state index is 0.00231. The average molecular weight is 1130 g/mol. The molecule has 5 aromatic carbocycles. The number of hydrogen-bond donors (Lipinski definition) is 3. The number of allylic oxidation sites excluding steroid dienone is 6. The molecule has 24 heteroatoms. The molecule has 2 aliphatic rings. The largest absolute Gasteiger partial charge is 0.748 e. The van der Waals surface area contributed by atoms with Crippen molar-refractivity contribution in [3.63, 3.8) is 0 Å². The molecule has 3 N–H and O–H groups in total. The number of aryl methyl sites for hydroxylation is 1. The van der Waals surface area contributed by atoms with Gasteiger partial charge in [-0.2, -0.15) is 29.8 Å². The first-order valence-corrected chi connectivity index (χ1v) is 30.7. The first-order valence-electron chi connectivity index (χ1n) is 24.5. The van der Waals surface area contributed by atoms with E-state index in [0.717, 1.165) is 39.0 Å². The Bertz CT molecular complexity index is 3950. The minimum atomic E-state index is -4.65. The fourth-order valence-electron chi connectivity index (χ4n) is 9.82. The number of carbonyl (C=O) groups excluding carboxylic acids is 3. The molecule has 406 valence electrons. The van der Waals surface area contributed by atoms with E-state index in [4.69, 9.17) is 4.84 Å². The number of unbranched alkanes of at least 4 members (excludes halogenated alkanes) is 1. The molecule has 2 amide bonds. The summed E-state index contributed by atoms with van der Waals surface area (Å²) in [4.78, 5) is 43.5. The smallest absolute Gasteiger partial charge is 0.333 e. The maximum absolute atomic E-state index is 12.7. The Labute approximate surface area is 444 Å². The van der Waals surface area contributed by atoms with Gasteiger partial charge in [0.15, 0.2) is 6.54 Å². The van der Waals surface area contributed by atoms with Crippen molar-refractivity contribution in [2.75, 3.05) is 35.2 Å². The molecular weight excluding hydrogens is 1080 g/mol. The second-order valence-electron chi connectivity index (χ2n) is 18.5. The molecule has 1 saturated heterocycles. The lowest BCUT2D eigenvalue weighted by atomic mass is 9.99. The Morgan fingerprint density at radius 3 is 2.08 bits per heavy atom. The summed E-state index contributed by atoms with van der Waals surface area (Å²) in [5.74, 6) is -3.59. The van der Waals surface area contributed by atoms with E-state index in [0.29, 0.717) is 51.7 Å². The number of amides is 2. The molecule has 3 heterocycles. The molecule has 0 atom stereocenters. The van der Waals surface area contributed by atoms with Crippen molar-refractivity contribution >= 4 is 120 Å². The second kappa shape index (κ2) is 23.4. The fourth-order valence-corrected chi connectivity index (χ4v) is 12.0. The van der Waals surface area contributed by atoms with E-state index >= 15 is 0 Å². The molecule has 20 nitrogen and oxygen atoms in total. The molecule has 0 aliphatic carbocycles. The van der Waals surface area contributed by atoms with E-state index in [1.54, 1.807) is 47.1 Å². The highest BCUT2D eigenvalue weighted by atomic mass is 32.2. The molecule has 8 rings (SSSR count). The van der Waals surface area contributed by atoms with Gasteiger partial charge in [-0.15, -0.1) is 5.06 Å². The zero-order chi connectivity index (χ0) is 55.3. The van der Waals surface area contributed by atoms with Crippen LogP contribution in [0.25, 0.3) is 38.5 Å². The lowest BCUT2D eigenvalue weighted by Crippen LogP contribution is -2.31. The molecule has 0 radical (unpaired) electrons. The SMILES string of the molecule is O=C(CCCCC(/C=C/C=c1\c2cccc3c(S(=O)(=O)O)ccc(c32)n1CCCS(=O)(=O)O)=C\C=C\C1=[N+](CCCS(=O)(=O)[O-])c2ccc(N(CCCS(=O)(=O)O)c3ccccc3)c3cccc1c23)ON1C(=O)CCC1=O. The van der Waals surface area contributed by atoms with E-state index in [-0.39, 0.29) is 68.4 Å². The maximum Gasteiger partial charge on any atom is 0.333 e. The van der Waals surface area contributed by atoms with Crippen LogP contribution in [0.1, 0.15) is 63.4 Å². The Kier molecular flexibility index (Phi) is 17.1. The molecule has 0 saturated carbocycles. The fraction of sp³-hybridized carbons (Fsp3) is 0.283. The number of carbonyl (C=O) groups is 3. The quantitative estimate of drug-likeness (QED) is 0.0177. The van der Waals surface area contributed by atoms with E-state index in [2.05, 4.69) is 0 Å². The predicted molar refractivity (Wildman–Crippen MR) is 288 cm³/mol. The van der Waals surface area contributed by atoms with Crippen molar-refractivity contribution in [1.82, 2.24) is 9.63 Å². The molecular formula is C53H54N4O16S4. The van der Waals surface area contributed by atoms with Crippen molar-refractivity contribution in [3.8, 4) is 0 Å². The zero-order valence-electron chi connectivity index (χ0n) is 41.3. The number of anilines is 2. The third-order valence-corrected chi connectivity index (χ3v) is 16.4. The molecule has 0 unspecified atom stereocenters. The van der Waals surface area contributed by atoms with Crippen LogP contribution in [-0.4, -0.2) is 120 Å². The summed E-state index contributed by atoms with van der Waals surface area (Å²) in [6.45, 7) is 0.456. The van der Waals surface area contributed by atoms with Gasteiger partial charge in [-0.25, -0.2) is 13.2 Å². The monoisotopic (exact) mass is 1130 g/mol. The summed E-state index contributed by atoms with van der Waals surface area (Å²) < 4.78 is 140. The van der Waals surface area contributed by atoms with E-state index < -0.39 is 75.5 Å². The van der Waals surface area contributed by atoms with Crippen LogP contribution in [0.5, 0.6) is 0 Å². The van der Waals surface area contributed by atoms with Gasteiger partial charge in [0.2, 0.25) is 11.4 Å². The van der Waals surface area contributed by atoms with Crippen LogP contribution in [0.15, 0.2) is 132 Å². The number of aromatic nitrogens is 1. The molecule has 77 heavy (non-hydrogen) atoms. The van der Waals surface area contributed by atoms with Gasteiger partial charge in [-0.3, -0.25) is 23.2 Å². The molecule has 0 bridgehead atoms. The highest BCUT2D eigenvalue weighted by Crippen LogP contribution is 2.42. The van der Waals surface area contributed by atoms with E-state index in [9.17, 15) is 66.3 Å². The summed E-state index contributed by atoms with van der Waals surface area (Å²) >= 11 is 0. The molecule has 1 aromatic heterocycles. The number of para-hydroxylation sites is 1. The van der Waals surface area contributed by atoms with Crippen LogP contribution in [0.2, 0.25) is 0 Å². The lowest BCUT2D eigenvalue weighted by Gasteiger charge is -2.26. The molecule has 2 aliphatic heterocycles. The zero-order valence-corrected chi connectivity index (χ0v) is 44.6. The third-order valence-electron chi connectivity index (χ3n) is 13.1. The van der Waals surface area contributed by atoms with Gasteiger partial charge >= 0.3 is 5.97 Å². The van der Waals surface area contributed by atoms with Gasteiger partial charge in [0, 0.05) is 100 Å². The first kappa shape index (κ1) is 56.3. The number of rotatable bonds is 25. The highest BCUT2D eigenvalue weighted by Gasteiger charge is 2.34. The lowest BCUT2D eigenvalue weighted by molar-refractivity contribution is -0.435. The Balaban J connectivity index is 1.18. The summed E-state index contributed by atoms with van der Waals surface area (Å²) in [6, 6.07) is 26.5. The Morgan fingerprint density at radius 1 is 0.701 bits per heavy atom. The average Bonchev–Trinajstić information content (AvgIpc) is 4.22. The summed E-state index contributed by atoms with van der Waals surface area (Å²) in [6.07, 6.45) is 11.7. The number of hydroxylamine groups is 2. The number of benzene rings is 5. The number of hydrogen-bond acceptors (Lipinski definition) is 14. The van der Waals surface area contributed by atoms with Crippen LogP contribution < -0.4 is 10.2 Å². The van der Waals surface area contributed by atoms with E-state index in [1.165, 1.54) is 12.1 Å². The second-order valence-corrected chi connectivity index (χ2v) is 24.5. The van der Waals surface area contributed by atoms with Gasteiger partial charge in [-0.1, -0.05) is 72.8 Å². The van der Waals surface area contributed by atoms with Gasteiger partial charge in [0.05, 0.1) is 32.6 Å². The van der Waals surface area contributed by atoms with Crippen LogP contribution in [0.3, 0.4) is 0 Å². The van der Waals surface area contributed by atoms with Crippen molar-refractivity contribution in [3.05, 3.63) is 138 Å². The number of nitrogens with zero attached hydrogens (tertiary/aromatic N) is 4. The van der Waals surface area contributed by atoms with Crippen LogP contribution in [0, 0.1) is 0 Å². The first-order chi connectivity index (χ1) is 36.5. The van der Waals surface area contributed by atoms with Gasteiger partial charge in [0.1, 0.15) is 4.90 Å². The Morgan fingerprint density at radius 2 is 1.38 bits per heavy atom. The van der Waals surface area contributed by atoms with Crippen molar-refractivity contribution in [2.24, 2.45) is 0 Å². The third kappa shape index (κ3) is 13.8. The van der Waals surface area contributed by atoms with Crippen molar-refractivity contribution in [2.45, 2.75) is 69.2 Å². The Hall–Kier alpha value is -6.90. The molecule has 1 fully saturated rings. The van der Waals surface area contributed by atoms with Gasteiger partial charge in [-0.05, 0) is 80.2 Å². The van der Waals surface area contributed by atoms with E-state index in [1.807, 2.05) is 82.3 Å². The summed E-state index contributed by atoms with van der Waals surface area (Å²) in [7, 11) is -17.8. The topological polar surface area (TPSA) is 295 Å². The molecule has 6 aromatic rings. The van der Waals surface area contributed by atoms with Crippen LogP contribution in [0.4, 0.5) is 17.1 Å². The normalized spacial score (nSPS) is 15.0. The van der Waals surface area contributed by atoms with Crippen molar-refractivity contribution < 1.29 is 75.7 Å². The van der Waals surface area contributed by atoms with Gasteiger partial charge < -0.3 is 18.9 Å². The maximum atomic E-state index is 12.7. The predicted octanol–water partition coefficient (Wildman–Crippen LogP) is 6.68. The molecule has 0 spiro atoms. The van der Waals surface area contributed by atoms with Crippen molar-refractivity contribution in [1.29, 1.82) is 0 Å². The summed E-state index contributed by atoms with van der Waals surface area (Å²) in [5, 5.41) is 3.96. The summed E-state index contributed by atoms with van der Waals surface area (Å²) in [5.41, 5.74) is 4.94. The van der Waals surface area contributed by atoms with Crippen LogP contribution >= 0.6 is 0 Å². The van der Waals surface area contributed by atoms with Gasteiger partial charge in [0.25, 0.3) is 42.2 Å². The standard InChI is InChI=1S/C53H54N4O16S4/c58-49-29-30-50(59)57(49)73-51(60)24-5-4-13-37(15-7-23-44-40-20-9-21-42-48(77(70,71)72)28-27-47(53(40)42)56(44)33-12-36-76(67,68)69)14-6-22-43-39-18-8-19-41-45(25-26-46(52(39)41)55(43)32-11-35-75(64,65)66)54(31-10-34-74(61,62)63)38-16-2-1-3-17-38/h1-3,6-9,14-23,25-28H,4-5,10-13,24,29-36H2,(H3-,61,62,63,64,65,66,67,68,69,70,71,72). The number of imide groups is 1. The highest BCUT2D eigenvalue weighted by molar-refractivity contribution is 7.86. The minimum Gasteiger partial charge on any atom is -0.748 e. The van der Waals surface area contributed by atoms with Crippen LogP contribution in [-0.2, 0) is 66.2 Å².